The Labute approximate surface area is 212 Å². The van der Waals surface area contributed by atoms with E-state index in [2.05, 4.69) is 25.7 Å². The maximum absolute atomic E-state index is 13.3. The second-order valence-corrected chi connectivity index (χ2v) is 7.61. The summed E-state index contributed by atoms with van der Waals surface area (Å²) in [7, 11) is 1.57. The normalized spacial score (nSPS) is 10.5. The minimum Gasteiger partial charge on any atom is -0.493 e. The van der Waals surface area contributed by atoms with Crippen molar-refractivity contribution >= 4 is 58.3 Å². The molecule has 4 rings (SSSR count). The van der Waals surface area contributed by atoms with E-state index in [-0.39, 0.29) is 24.9 Å². The molecule has 9 nitrogen and oxygen atoms in total. The van der Waals surface area contributed by atoms with Gasteiger partial charge in [-0.2, -0.15) is 5.10 Å². The number of aromatic nitrogens is 4. The molecular formula is C23H23Cl2FN6O3. The molecule has 0 bridgehead atoms. The number of hydrogen-bond donors (Lipinski definition) is 2. The van der Waals surface area contributed by atoms with E-state index in [0.717, 1.165) is 5.39 Å². The summed E-state index contributed by atoms with van der Waals surface area (Å²) in [6, 6.07) is 11.0. The Hall–Kier alpha value is -3.63. The zero-order valence-electron chi connectivity index (χ0n) is 18.7. The van der Waals surface area contributed by atoms with Crippen LogP contribution >= 0.6 is 24.0 Å². The van der Waals surface area contributed by atoms with Gasteiger partial charge in [0.1, 0.15) is 12.4 Å². The van der Waals surface area contributed by atoms with Gasteiger partial charge in [0.25, 0.3) is 0 Å². The third kappa shape index (κ3) is 6.93. The van der Waals surface area contributed by atoms with Crippen LogP contribution in [0.2, 0.25) is 0 Å². The van der Waals surface area contributed by atoms with Crippen molar-refractivity contribution in [2.24, 2.45) is 0 Å². The summed E-state index contributed by atoms with van der Waals surface area (Å²) in [5.41, 5.74) is 1.04. The summed E-state index contributed by atoms with van der Waals surface area (Å²) in [4.78, 5) is 21.1. The predicted molar refractivity (Wildman–Crippen MR) is 135 cm³/mol. The van der Waals surface area contributed by atoms with Crippen LogP contribution < -0.4 is 20.1 Å². The number of benzene rings is 2. The fourth-order valence-corrected chi connectivity index (χ4v) is 3.26. The van der Waals surface area contributed by atoms with E-state index in [1.807, 2.05) is 0 Å². The first-order valence-corrected chi connectivity index (χ1v) is 11.0. The second-order valence-electron chi connectivity index (χ2n) is 7.23. The number of alkyl halides is 1. The number of carbonyl (C=O) groups is 1. The molecule has 0 atom stereocenters. The van der Waals surface area contributed by atoms with Crippen molar-refractivity contribution in [2.45, 2.75) is 13.0 Å². The molecule has 2 aromatic heterocycles. The molecule has 184 valence electrons. The van der Waals surface area contributed by atoms with Crippen molar-refractivity contribution in [3.8, 4) is 11.5 Å². The minimum absolute atomic E-state index is 0. The number of amides is 1. The molecule has 2 heterocycles. The van der Waals surface area contributed by atoms with Gasteiger partial charge in [0.2, 0.25) is 11.9 Å². The summed E-state index contributed by atoms with van der Waals surface area (Å²) in [5, 5.41) is 10.7. The SMILES string of the molecule is COc1cc2cnc(Nc3ccn(CC(=O)Nc4cccc(F)c4)n3)nc2cc1OCCCCl.Cl. The Balaban J connectivity index is 0.00000342. The summed E-state index contributed by atoms with van der Waals surface area (Å²) < 4.78 is 25.9. The van der Waals surface area contributed by atoms with Crippen molar-refractivity contribution in [2.75, 3.05) is 30.2 Å². The largest absolute Gasteiger partial charge is 0.493 e. The first-order chi connectivity index (χ1) is 16.5. The molecule has 12 heteroatoms. The molecule has 0 radical (unpaired) electrons. The van der Waals surface area contributed by atoms with E-state index in [4.69, 9.17) is 21.1 Å². The Morgan fingerprint density at radius 1 is 1.20 bits per heavy atom. The highest BCUT2D eigenvalue weighted by Crippen LogP contribution is 2.32. The zero-order chi connectivity index (χ0) is 23.9. The first-order valence-electron chi connectivity index (χ1n) is 10.4. The van der Waals surface area contributed by atoms with Crippen LogP contribution in [-0.4, -0.2) is 45.3 Å². The first kappa shape index (κ1) is 26.0. The van der Waals surface area contributed by atoms with Crippen LogP contribution in [0.15, 0.2) is 54.9 Å². The number of carbonyl (C=O) groups excluding carboxylic acids is 1. The molecule has 35 heavy (non-hydrogen) atoms. The number of halogens is 3. The molecule has 0 aliphatic heterocycles. The Morgan fingerprint density at radius 2 is 2.06 bits per heavy atom. The lowest BCUT2D eigenvalue weighted by atomic mass is 10.2. The molecule has 1 amide bonds. The van der Waals surface area contributed by atoms with Crippen LogP contribution in [0.25, 0.3) is 10.9 Å². The quantitative estimate of drug-likeness (QED) is 0.229. The Morgan fingerprint density at radius 3 is 2.83 bits per heavy atom. The highest BCUT2D eigenvalue weighted by Gasteiger charge is 2.11. The van der Waals surface area contributed by atoms with Crippen molar-refractivity contribution in [1.29, 1.82) is 0 Å². The van der Waals surface area contributed by atoms with Gasteiger partial charge in [-0.25, -0.2) is 14.4 Å². The molecule has 2 N–H and O–H groups in total. The van der Waals surface area contributed by atoms with Crippen molar-refractivity contribution in [3.63, 3.8) is 0 Å². The van der Waals surface area contributed by atoms with Gasteiger partial charge in [0.15, 0.2) is 17.3 Å². The van der Waals surface area contributed by atoms with Crippen LogP contribution in [0, 0.1) is 5.82 Å². The third-order valence-corrected chi connectivity index (χ3v) is 4.96. The van der Waals surface area contributed by atoms with E-state index in [1.54, 1.807) is 43.8 Å². The van der Waals surface area contributed by atoms with Gasteiger partial charge in [0, 0.05) is 41.5 Å². The van der Waals surface area contributed by atoms with Gasteiger partial charge in [-0.3, -0.25) is 9.48 Å². The molecule has 0 spiro atoms. The fraction of sp³-hybridized carbons (Fsp3) is 0.217. The molecule has 0 unspecified atom stereocenters. The number of anilines is 3. The standard InChI is InChI=1S/C23H22ClFN6O3.ClH/c1-33-19-10-15-13-26-23(28-18(15)12-20(19)34-9-3-7-24)29-21-6-8-31(30-21)14-22(32)27-17-5-2-4-16(25)11-17;/h2,4-6,8,10-13H,3,7,9,14H2,1H3,(H,27,32)(H,26,28,29,30);1H. The molecule has 0 aliphatic rings. The van der Waals surface area contributed by atoms with Crippen molar-refractivity contribution < 1.29 is 18.7 Å². The molecule has 4 aromatic rings. The van der Waals surface area contributed by atoms with Crippen molar-refractivity contribution in [3.05, 3.63) is 60.7 Å². The average molecular weight is 521 g/mol. The van der Waals surface area contributed by atoms with E-state index < -0.39 is 5.82 Å². The topological polar surface area (TPSA) is 103 Å². The lowest BCUT2D eigenvalue weighted by Crippen LogP contribution is -2.19. The van der Waals surface area contributed by atoms with Gasteiger partial charge < -0.3 is 20.1 Å². The number of nitrogens with one attached hydrogen (secondary N) is 2. The number of fused-ring (bicyclic) bond motifs is 1. The van der Waals surface area contributed by atoms with E-state index in [9.17, 15) is 9.18 Å². The average Bonchev–Trinajstić information content (AvgIpc) is 3.25. The van der Waals surface area contributed by atoms with Crippen LogP contribution in [0.1, 0.15) is 6.42 Å². The second kappa shape index (κ2) is 12.2. The predicted octanol–water partition coefficient (Wildman–Crippen LogP) is 4.79. The molecule has 0 saturated carbocycles. The van der Waals surface area contributed by atoms with Gasteiger partial charge in [-0.1, -0.05) is 6.07 Å². The molecule has 0 aliphatic carbocycles. The highest BCUT2D eigenvalue weighted by molar-refractivity contribution is 6.17. The summed E-state index contributed by atoms with van der Waals surface area (Å²) >= 11 is 5.72. The summed E-state index contributed by atoms with van der Waals surface area (Å²) in [6.45, 7) is 0.422. The minimum atomic E-state index is -0.425. The maximum Gasteiger partial charge on any atom is 0.246 e. The molecule has 0 saturated heterocycles. The van der Waals surface area contributed by atoms with Crippen LogP contribution in [0.5, 0.6) is 11.5 Å². The number of rotatable bonds is 10. The monoisotopic (exact) mass is 520 g/mol. The third-order valence-electron chi connectivity index (χ3n) is 4.70. The summed E-state index contributed by atoms with van der Waals surface area (Å²) in [6.07, 6.45) is 4.02. The Bertz CT molecular complexity index is 1300. The van der Waals surface area contributed by atoms with Crippen LogP contribution in [-0.2, 0) is 11.3 Å². The molecule has 0 fully saturated rings. The van der Waals surface area contributed by atoms with E-state index >= 15 is 0 Å². The number of nitrogens with zero attached hydrogens (tertiary/aromatic N) is 4. The Kier molecular flexibility index (Phi) is 9.04. The van der Waals surface area contributed by atoms with E-state index in [0.29, 0.717) is 53.4 Å². The number of hydrogen-bond acceptors (Lipinski definition) is 7. The van der Waals surface area contributed by atoms with Gasteiger partial charge in [-0.05, 0) is 30.7 Å². The molecular weight excluding hydrogens is 498 g/mol. The lowest BCUT2D eigenvalue weighted by Gasteiger charge is -2.11. The fourth-order valence-electron chi connectivity index (χ4n) is 3.15. The van der Waals surface area contributed by atoms with Crippen LogP contribution in [0.4, 0.5) is 21.8 Å². The van der Waals surface area contributed by atoms with Gasteiger partial charge >= 0.3 is 0 Å². The number of methoxy groups -OCH3 is 1. The van der Waals surface area contributed by atoms with Gasteiger partial charge in [0.05, 0.1) is 19.2 Å². The zero-order valence-corrected chi connectivity index (χ0v) is 20.3. The summed E-state index contributed by atoms with van der Waals surface area (Å²) in [5.74, 6) is 1.69. The number of ether oxygens (including phenoxy) is 2. The van der Waals surface area contributed by atoms with Crippen molar-refractivity contribution in [1.82, 2.24) is 19.7 Å². The van der Waals surface area contributed by atoms with Gasteiger partial charge in [-0.15, -0.1) is 24.0 Å². The smallest absolute Gasteiger partial charge is 0.246 e. The molecule has 2 aromatic carbocycles. The van der Waals surface area contributed by atoms with Crippen LogP contribution in [0.3, 0.4) is 0 Å². The van der Waals surface area contributed by atoms with E-state index in [1.165, 1.54) is 22.9 Å². The maximum atomic E-state index is 13.3. The highest BCUT2D eigenvalue weighted by atomic mass is 35.5. The lowest BCUT2D eigenvalue weighted by molar-refractivity contribution is -0.116.